The molecule has 2 aromatic carbocycles. The molecule has 1 aliphatic rings. The van der Waals surface area contributed by atoms with Crippen LogP contribution in [0, 0.1) is 5.82 Å². The minimum Gasteiger partial charge on any atom is -0.330 e. The maximum absolute atomic E-state index is 13.7. The Balaban J connectivity index is 1.66. The Bertz CT molecular complexity index is 1010. The summed E-state index contributed by atoms with van der Waals surface area (Å²) in [6.07, 6.45) is 2.65. The summed E-state index contributed by atoms with van der Waals surface area (Å²) < 4.78 is 15.0. The summed E-state index contributed by atoms with van der Waals surface area (Å²) in [5.74, 6) is -0.551. The molecule has 0 unspecified atom stereocenters. The molecule has 1 N–H and O–H groups in total. The molecule has 1 amide bonds. The lowest BCUT2D eigenvalue weighted by Gasteiger charge is -2.35. The summed E-state index contributed by atoms with van der Waals surface area (Å²) in [6.45, 7) is 0.582. The number of amides is 1. The van der Waals surface area contributed by atoms with E-state index in [-0.39, 0.29) is 29.0 Å². The van der Waals surface area contributed by atoms with Gasteiger partial charge in [-0.15, -0.1) is 0 Å². The predicted octanol–water partition coefficient (Wildman–Crippen LogP) is 3.67. The fourth-order valence-electron chi connectivity index (χ4n) is 3.66. The van der Waals surface area contributed by atoms with Gasteiger partial charge in [-0.3, -0.25) is 14.7 Å². The van der Waals surface area contributed by atoms with Crippen LogP contribution in [-0.4, -0.2) is 27.1 Å². The van der Waals surface area contributed by atoms with E-state index in [2.05, 4.69) is 5.10 Å². The molecule has 1 saturated heterocycles. The Morgan fingerprint density at radius 1 is 1.04 bits per heavy atom. The van der Waals surface area contributed by atoms with Crippen LogP contribution < -0.4 is 5.56 Å². The zero-order valence-electron chi connectivity index (χ0n) is 14.8. The smallest absolute Gasteiger partial charge is 0.272 e. The first-order valence-corrected chi connectivity index (χ1v) is 9.07. The van der Waals surface area contributed by atoms with Gasteiger partial charge >= 0.3 is 0 Å². The minimum atomic E-state index is -0.311. The monoisotopic (exact) mass is 365 g/mol. The molecule has 5 nitrogen and oxygen atoms in total. The quantitative estimate of drug-likeness (QED) is 0.770. The molecule has 138 valence electrons. The zero-order chi connectivity index (χ0) is 18.8. The van der Waals surface area contributed by atoms with E-state index in [1.54, 1.807) is 23.1 Å². The van der Waals surface area contributed by atoms with Crippen LogP contribution in [0.25, 0.3) is 5.69 Å². The molecule has 2 heterocycles. The number of aromatic amines is 1. The number of likely N-dealkylation sites (tertiary alicyclic amines) is 1. The van der Waals surface area contributed by atoms with Crippen molar-refractivity contribution >= 4 is 5.91 Å². The average Bonchev–Trinajstić information content (AvgIpc) is 3.10. The number of carbonyl (C=O) groups is 1. The van der Waals surface area contributed by atoms with Crippen molar-refractivity contribution in [2.45, 2.75) is 25.3 Å². The number of para-hydroxylation sites is 1. The molecule has 4 rings (SSSR count). The van der Waals surface area contributed by atoms with E-state index in [1.807, 2.05) is 24.3 Å². The lowest BCUT2D eigenvalue weighted by molar-refractivity contribution is 0.0604. The third-order valence-electron chi connectivity index (χ3n) is 4.96. The number of nitrogens with zero attached hydrogens (tertiary/aromatic N) is 2. The van der Waals surface area contributed by atoms with E-state index < -0.39 is 0 Å². The van der Waals surface area contributed by atoms with Gasteiger partial charge in [0.05, 0.1) is 11.7 Å². The summed E-state index contributed by atoms with van der Waals surface area (Å²) in [4.78, 5) is 27.2. The van der Waals surface area contributed by atoms with Crippen LogP contribution in [0.1, 0.15) is 41.4 Å². The second kappa shape index (κ2) is 7.23. The van der Waals surface area contributed by atoms with Crippen molar-refractivity contribution in [3.8, 4) is 5.69 Å². The van der Waals surface area contributed by atoms with Crippen LogP contribution in [0.4, 0.5) is 4.39 Å². The molecule has 0 saturated carbocycles. The van der Waals surface area contributed by atoms with Gasteiger partial charge in [-0.2, -0.15) is 0 Å². The topological polar surface area (TPSA) is 58.1 Å². The van der Waals surface area contributed by atoms with Crippen molar-refractivity contribution in [2.24, 2.45) is 0 Å². The van der Waals surface area contributed by atoms with Crippen molar-refractivity contribution in [2.75, 3.05) is 6.54 Å². The summed E-state index contributed by atoms with van der Waals surface area (Å²) in [5, 5.41) is 2.92. The highest BCUT2D eigenvalue weighted by Gasteiger charge is 2.30. The molecule has 0 aliphatic carbocycles. The normalized spacial score (nSPS) is 17.1. The van der Waals surface area contributed by atoms with Gasteiger partial charge in [0.15, 0.2) is 0 Å². The first-order valence-electron chi connectivity index (χ1n) is 9.07. The minimum absolute atomic E-state index is 0.189. The summed E-state index contributed by atoms with van der Waals surface area (Å²) in [5.41, 5.74) is 1.41. The van der Waals surface area contributed by atoms with E-state index >= 15 is 0 Å². The van der Waals surface area contributed by atoms with Crippen LogP contribution >= 0.6 is 0 Å². The van der Waals surface area contributed by atoms with Crippen LogP contribution in [0.2, 0.25) is 0 Å². The number of hydrogen-bond acceptors (Lipinski definition) is 2. The van der Waals surface area contributed by atoms with Gasteiger partial charge in [-0.25, -0.2) is 9.07 Å². The summed E-state index contributed by atoms with van der Waals surface area (Å²) in [6, 6.07) is 16.6. The number of H-pyrrole nitrogens is 1. The fourth-order valence-corrected chi connectivity index (χ4v) is 3.66. The van der Waals surface area contributed by atoms with E-state index in [1.165, 1.54) is 22.9 Å². The van der Waals surface area contributed by atoms with Crippen LogP contribution in [0.5, 0.6) is 0 Å². The summed E-state index contributed by atoms with van der Waals surface area (Å²) >= 11 is 0. The molecule has 6 heteroatoms. The highest BCUT2D eigenvalue weighted by molar-refractivity contribution is 5.92. The largest absolute Gasteiger partial charge is 0.330 e. The number of piperidine rings is 1. The Kier molecular flexibility index (Phi) is 4.62. The number of carbonyl (C=O) groups excluding carboxylic acids is 1. The number of hydrogen-bond donors (Lipinski definition) is 1. The van der Waals surface area contributed by atoms with E-state index in [0.717, 1.165) is 24.8 Å². The molecule has 0 radical (unpaired) electrons. The fraction of sp³-hybridized carbons (Fsp3) is 0.238. The predicted molar refractivity (Wildman–Crippen MR) is 100 cm³/mol. The maximum atomic E-state index is 13.7. The molecule has 1 fully saturated rings. The number of aromatic nitrogens is 2. The first-order chi connectivity index (χ1) is 13.1. The third kappa shape index (κ3) is 3.43. The van der Waals surface area contributed by atoms with E-state index in [0.29, 0.717) is 12.2 Å². The van der Waals surface area contributed by atoms with E-state index in [9.17, 15) is 14.0 Å². The van der Waals surface area contributed by atoms with Crippen LogP contribution in [0.3, 0.4) is 0 Å². The molecule has 27 heavy (non-hydrogen) atoms. The van der Waals surface area contributed by atoms with Crippen molar-refractivity contribution in [3.63, 3.8) is 0 Å². The van der Waals surface area contributed by atoms with Gasteiger partial charge in [0.1, 0.15) is 11.5 Å². The zero-order valence-corrected chi connectivity index (χ0v) is 14.8. The second-order valence-electron chi connectivity index (χ2n) is 6.74. The Hall–Kier alpha value is -3.15. The molecule has 1 atom stereocenters. The molecule has 0 bridgehead atoms. The lowest BCUT2D eigenvalue weighted by Crippen LogP contribution is -2.38. The molecular formula is C21H20FN3O2. The van der Waals surface area contributed by atoms with Crippen molar-refractivity contribution in [3.05, 3.63) is 88.1 Å². The van der Waals surface area contributed by atoms with Gasteiger partial charge in [-0.05, 0) is 49.1 Å². The van der Waals surface area contributed by atoms with Crippen molar-refractivity contribution in [1.29, 1.82) is 0 Å². The highest BCUT2D eigenvalue weighted by Crippen LogP contribution is 2.32. The number of benzene rings is 2. The number of halogens is 1. The molecule has 1 aromatic heterocycles. The van der Waals surface area contributed by atoms with Gasteiger partial charge < -0.3 is 4.90 Å². The Morgan fingerprint density at radius 3 is 2.63 bits per heavy atom. The second-order valence-corrected chi connectivity index (χ2v) is 6.74. The Labute approximate surface area is 156 Å². The van der Waals surface area contributed by atoms with Gasteiger partial charge in [-0.1, -0.05) is 30.3 Å². The Morgan fingerprint density at radius 2 is 1.85 bits per heavy atom. The molecule has 3 aromatic rings. The van der Waals surface area contributed by atoms with Gasteiger partial charge in [0.2, 0.25) is 0 Å². The van der Waals surface area contributed by atoms with E-state index in [4.69, 9.17) is 0 Å². The lowest BCUT2D eigenvalue weighted by atomic mass is 9.95. The van der Waals surface area contributed by atoms with Crippen LogP contribution in [0.15, 0.2) is 65.5 Å². The van der Waals surface area contributed by atoms with Crippen molar-refractivity contribution in [1.82, 2.24) is 14.7 Å². The van der Waals surface area contributed by atoms with Gasteiger partial charge in [0.25, 0.3) is 11.5 Å². The standard InChI is InChI=1S/C21H20FN3O2/c22-16-8-6-7-15(13-16)19-11-4-5-12-24(19)21(27)18-14-20(26)25(23-18)17-9-2-1-3-10-17/h1-3,6-10,13-14,19,23H,4-5,11-12H2/t19-/m0/s1. The highest BCUT2D eigenvalue weighted by atomic mass is 19.1. The number of nitrogens with one attached hydrogen (secondary N) is 1. The maximum Gasteiger partial charge on any atom is 0.272 e. The first kappa shape index (κ1) is 17.3. The van der Waals surface area contributed by atoms with Crippen molar-refractivity contribution < 1.29 is 9.18 Å². The molecule has 1 aliphatic heterocycles. The SMILES string of the molecule is O=C(c1cc(=O)n(-c2ccccc2)[nH]1)N1CCCC[C@H]1c1cccc(F)c1. The number of rotatable bonds is 3. The van der Waals surface area contributed by atoms with Gasteiger partial charge in [0, 0.05) is 12.6 Å². The van der Waals surface area contributed by atoms with Crippen LogP contribution in [-0.2, 0) is 0 Å². The molecular weight excluding hydrogens is 345 g/mol. The third-order valence-corrected chi connectivity index (χ3v) is 4.96. The summed E-state index contributed by atoms with van der Waals surface area (Å²) in [7, 11) is 0. The average molecular weight is 365 g/mol. The molecule has 0 spiro atoms.